The summed E-state index contributed by atoms with van der Waals surface area (Å²) in [5.74, 6) is 0.699. The molecule has 2 aliphatic heterocycles. The summed E-state index contributed by atoms with van der Waals surface area (Å²) in [4.78, 5) is 0. The Balaban J connectivity index is 1.45. The summed E-state index contributed by atoms with van der Waals surface area (Å²) in [5, 5.41) is 10.5. The molecule has 35 heavy (non-hydrogen) atoms. The molecule has 0 spiro atoms. The van der Waals surface area contributed by atoms with Crippen molar-refractivity contribution in [2.45, 2.75) is 71.0 Å². The zero-order valence-electron chi connectivity index (χ0n) is 20.7. The van der Waals surface area contributed by atoms with Crippen LogP contribution in [0.3, 0.4) is 0 Å². The first-order chi connectivity index (χ1) is 16.8. The standard InChI is InChI=1S/C26H31BN4O4/c1-25(2)26(3,4)35-27(34-25)21-14-19(33-17-18-10-6-5-7-11-18)16-30-23(21)20-15-28-31(24(20)29-30)22-12-8-9-13-32-22/h5-7,10-11,14-16,22H,8-9,12-13,17H2,1-4H3. The molecule has 1 unspecified atom stereocenters. The molecular formula is C26H31BN4O4. The Labute approximate surface area is 205 Å². The van der Waals surface area contributed by atoms with Crippen molar-refractivity contribution in [3.63, 3.8) is 0 Å². The number of nitrogens with zero attached hydrogens (tertiary/aromatic N) is 4. The molecule has 1 aromatic carbocycles. The van der Waals surface area contributed by atoms with Crippen LogP contribution in [0.25, 0.3) is 16.6 Å². The van der Waals surface area contributed by atoms with Crippen molar-refractivity contribution >= 4 is 29.1 Å². The van der Waals surface area contributed by atoms with Gasteiger partial charge >= 0.3 is 7.12 Å². The van der Waals surface area contributed by atoms with Crippen molar-refractivity contribution in [1.29, 1.82) is 0 Å². The summed E-state index contributed by atoms with van der Waals surface area (Å²) in [6.45, 7) is 9.44. The van der Waals surface area contributed by atoms with Gasteiger partial charge in [0.25, 0.3) is 0 Å². The highest BCUT2D eigenvalue weighted by Crippen LogP contribution is 2.38. The van der Waals surface area contributed by atoms with Crippen LogP contribution in [0, 0.1) is 0 Å². The van der Waals surface area contributed by atoms with Crippen molar-refractivity contribution in [1.82, 2.24) is 19.4 Å². The average Bonchev–Trinajstić information content (AvgIpc) is 3.47. The van der Waals surface area contributed by atoms with Crippen LogP contribution in [-0.2, 0) is 20.7 Å². The molecule has 5 heterocycles. The van der Waals surface area contributed by atoms with E-state index in [0.29, 0.717) is 12.4 Å². The minimum absolute atomic E-state index is 0.0970. The fraction of sp³-hybridized carbons (Fsp3) is 0.462. The van der Waals surface area contributed by atoms with E-state index in [1.807, 2.05) is 45.9 Å². The SMILES string of the molecule is CC1(C)OB(c2cc(OCc3ccccc3)cn3nc4c(cnn4C4CCCCO4)c23)OC1(C)C. The van der Waals surface area contributed by atoms with E-state index >= 15 is 0 Å². The van der Waals surface area contributed by atoms with E-state index < -0.39 is 18.3 Å². The van der Waals surface area contributed by atoms with Gasteiger partial charge in [-0.05, 0) is 58.6 Å². The number of hydrogen-bond donors (Lipinski definition) is 0. The topological polar surface area (TPSA) is 72.0 Å². The number of aromatic nitrogens is 4. The van der Waals surface area contributed by atoms with Crippen LogP contribution in [0.4, 0.5) is 0 Å². The third-order valence-electron chi connectivity index (χ3n) is 7.46. The summed E-state index contributed by atoms with van der Waals surface area (Å²) < 4.78 is 28.9. The van der Waals surface area contributed by atoms with Crippen LogP contribution >= 0.6 is 0 Å². The molecule has 1 atom stereocenters. The van der Waals surface area contributed by atoms with Crippen molar-refractivity contribution in [2.75, 3.05) is 6.61 Å². The maximum Gasteiger partial charge on any atom is 0.497 e. The van der Waals surface area contributed by atoms with E-state index in [0.717, 1.165) is 53.4 Å². The Bertz CT molecular complexity index is 1340. The monoisotopic (exact) mass is 474 g/mol. The molecule has 4 aromatic rings. The summed E-state index contributed by atoms with van der Waals surface area (Å²) in [6, 6.07) is 12.1. The van der Waals surface area contributed by atoms with Crippen molar-refractivity contribution in [2.24, 2.45) is 0 Å². The highest BCUT2D eigenvalue weighted by Gasteiger charge is 2.52. The summed E-state index contributed by atoms with van der Waals surface area (Å²) in [6.07, 6.45) is 6.82. The van der Waals surface area contributed by atoms with E-state index in [2.05, 4.69) is 44.9 Å². The molecule has 2 aliphatic rings. The van der Waals surface area contributed by atoms with Crippen LogP contribution in [0.5, 0.6) is 5.75 Å². The van der Waals surface area contributed by atoms with Crippen LogP contribution < -0.4 is 10.2 Å². The van der Waals surface area contributed by atoms with Gasteiger partial charge in [-0.3, -0.25) is 0 Å². The van der Waals surface area contributed by atoms with Gasteiger partial charge in [0.2, 0.25) is 0 Å². The number of pyridine rings is 1. The van der Waals surface area contributed by atoms with Gasteiger partial charge in [-0.2, -0.15) is 5.10 Å². The summed E-state index contributed by atoms with van der Waals surface area (Å²) >= 11 is 0. The summed E-state index contributed by atoms with van der Waals surface area (Å²) in [7, 11) is -0.558. The molecular weight excluding hydrogens is 443 g/mol. The fourth-order valence-corrected chi connectivity index (χ4v) is 4.76. The van der Waals surface area contributed by atoms with Crippen molar-refractivity contribution in [3.8, 4) is 5.75 Å². The molecule has 9 heteroatoms. The second-order valence-corrected chi connectivity index (χ2v) is 10.4. The van der Waals surface area contributed by atoms with Crippen molar-refractivity contribution < 1.29 is 18.8 Å². The largest absolute Gasteiger partial charge is 0.497 e. The van der Waals surface area contributed by atoms with E-state index in [9.17, 15) is 0 Å². The maximum atomic E-state index is 6.45. The number of hydrogen-bond acceptors (Lipinski definition) is 6. The Morgan fingerprint density at radius 2 is 1.86 bits per heavy atom. The van der Waals surface area contributed by atoms with Gasteiger partial charge in [-0.15, -0.1) is 5.10 Å². The molecule has 6 rings (SSSR count). The van der Waals surface area contributed by atoms with Crippen LogP contribution in [0.2, 0.25) is 0 Å². The normalized spacial score (nSPS) is 21.7. The first kappa shape index (κ1) is 22.6. The molecule has 0 N–H and O–H groups in total. The Hall–Kier alpha value is -2.88. The second kappa shape index (κ2) is 8.36. The van der Waals surface area contributed by atoms with Gasteiger partial charge in [-0.25, -0.2) is 9.20 Å². The molecule has 2 fully saturated rings. The lowest BCUT2D eigenvalue weighted by Crippen LogP contribution is -2.41. The quantitative estimate of drug-likeness (QED) is 0.403. The zero-order valence-corrected chi connectivity index (χ0v) is 20.7. The van der Waals surface area contributed by atoms with E-state index in [1.165, 1.54) is 0 Å². The van der Waals surface area contributed by atoms with Gasteiger partial charge in [-0.1, -0.05) is 30.3 Å². The second-order valence-electron chi connectivity index (χ2n) is 10.4. The number of benzene rings is 1. The molecule has 2 saturated heterocycles. The number of fused-ring (bicyclic) bond motifs is 3. The van der Waals surface area contributed by atoms with Crippen LogP contribution in [-0.4, -0.2) is 44.3 Å². The van der Waals surface area contributed by atoms with Gasteiger partial charge < -0.3 is 18.8 Å². The number of ether oxygens (including phenoxy) is 2. The lowest BCUT2D eigenvalue weighted by molar-refractivity contribution is -0.0370. The molecule has 8 nitrogen and oxygen atoms in total. The molecule has 3 aromatic heterocycles. The molecule has 0 amide bonds. The molecule has 0 aliphatic carbocycles. The minimum Gasteiger partial charge on any atom is -0.487 e. The highest BCUT2D eigenvalue weighted by atomic mass is 16.7. The maximum absolute atomic E-state index is 6.45. The first-order valence-corrected chi connectivity index (χ1v) is 12.4. The van der Waals surface area contributed by atoms with Gasteiger partial charge in [0, 0.05) is 12.1 Å². The van der Waals surface area contributed by atoms with Crippen molar-refractivity contribution in [3.05, 3.63) is 54.4 Å². The Kier molecular flexibility index (Phi) is 5.39. The molecule has 0 bridgehead atoms. The fourth-order valence-electron chi connectivity index (χ4n) is 4.76. The lowest BCUT2D eigenvalue weighted by atomic mass is 9.78. The first-order valence-electron chi connectivity index (χ1n) is 12.4. The van der Waals surface area contributed by atoms with Gasteiger partial charge in [0.1, 0.15) is 12.4 Å². The van der Waals surface area contributed by atoms with Gasteiger partial charge in [0.15, 0.2) is 11.9 Å². The average molecular weight is 474 g/mol. The molecule has 0 radical (unpaired) electrons. The lowest BCUT2D eigenvalue weighted by Gasteiger charge is -2.32. The predicted molar refractivity (Wildman–Crippen MR) is 134 cm³/mol. The third kappa shape index (κ3) is 3.91. The Morgan fingerprint density at radius 1 is 1.09 bits per heavy atom. The molecule has 0 saturated carbocycles. The zero-order chi connectivity index (χ0) is 24.2. The smallest absolute Gasteiger partial charge is 0.487 e. The third-order valence-corrected chi connectivity index (χ3v) is 7.46. The van der Waals surface area contributed by atoms with E-state index in [-0.39, 0.29) is 6.23 Å². The van der Waals surface area contributed by atoms with E-state index in [4.69, 9.17) is 23.9 Å². The van der Waals surface area contributed by atoms with Crippen LogP contribution in [0.15, 0.2) is 48.8 Å². The summed E-state index contributed by atoms with van der Waals surface area (Å²) in [5.41, 5.74) is 2.74. The van der Waals surface area contributed by atoms with Gasteiger partial charge in [0.05, 0.1) is 34.5 Å². The Morgan fingerprint density at radius 3 is 2.57 bits per heavy atom. The van der Waals surface area contributed by atoms with Crippen LogP contribution in [0.1, 0.15) is 58.7 Å². The predicted octanol–water partition coefficient (Wildman–Crippen LogP) is 4.26. The number of rotatable bonds is 5. The van der Waals surface area contributed by atoms with E-state index in [1.54, 1.807) is 0 Å². The molecule has 182 valence electrons. The highest BCUT2D eigenvalue weighted by molar-refractivity contribution is 6.65. The minimum atomic E-state index is -0.558.